The molecule has 2 aromatic rings. The van der Waals surface area contributed by atoms with E-state index in [1.807, 2.05) is 19.3 Å². The molecule has 1 aromatic carbocycles. The molecule has 0 spiro atoms. The van der Waals surface area contributed by atoms with Crippen LogP contribution in [0.1, 0.15) is 36.0 Å². The maximum atomic E-state index is 12.7. The highest BCUT2D eigenvalue weighted by Gasteiger charge is 2.24. The van der Waals surface area contributed by atoms with E-state index in [0.717, 1.165) is 38.0 Å². The van der Waals surface area contributed by atoms with Gasteiger partial charge in [0.15, 0.2) is 0 Å². The second-order valence-electron chi connectivity index (χ2n) is 7.85. The molecule has 4 nitrogen and oxygen atoms in total. The maximum Gasteiger partial charge on any atom is 0.236 e. The van der Waals surface area contributed by atoms with Gasteiger partial charge >= 0.3 is 0 Å². The minimum absolute atomic E-state index is 0.252. The SMILES string of the molecule is Cc1ccccc1CCC1CCCN(C(=O)CN(C)Cc2cccnc2)C1. The van der Waals surface area contributed by atoms with Crippen molar-refractivity contribution in [3.05, 3.63) is 65.5 Å². The third-order valence-corrected chi connectivity index (χ3v) is 5.54. The van der Waals surface area contributed by atoms with Crippen LogP contribution in [0.2, 0.25) is 0 Å². The quantitative estimate of drug-likeness (QED) is 0.751. The standard InChI is InChI=1S/C23H31N3O/c1-19-7-3-4-10-22(19)12-11-20-9-6-14-26(17-20)23(27)18-25(2)16-21-8-5-13-24-15-21/h3-5,7-8,10,13,15,20H,6,9,11-12,14,16-18H2,1-2H3. The summed E-state index contributed by atoms with van der Waals surface area (Å²) in [5, 5.41) is 0. The summed E-state index contributed by atoms with van der Waals surface area (Å²) in [6.07, 6.45) is 8.28. The molecule has 4 heteroatoms. The van der Waals surface area contributed by atoms with Crippen molar-refractivity contribution in [2.45, 2.75) is 39.2 Å². The van der Waals surface area contributed by atoms with E-state index < -0.39 is 0 Å². The fraction of sp³-hybridized carbons (Fsp3) is 0.478. The van der Waals surface area contributed by atoms with E-state index in [-0.39, 0.29) is 5.91 Å². The number of piperidine rings is 1. The summed E-state index contributed by atoms with van der Waals surface area (Å²) in [6, 6.07) is 12.6. The lowest BCUT2D eigenvalue weighted by Crippen LogP contribution is -2.44. The number of carbonyl (C=O) groups is 1. The third-order valence-electron chi connectivity index (χ3n) is 5.54. The van der Waals surface area contributed by atoms with Crippen LogP contribution in [0.3, 0.4) is 0 Å². The lowest BCUT2D eigenvalue weighted by molar-refractivity contribution is -0.134. The number of hydrogen-bond acceptors (Lipinski definition) is 3. The number of nitrogens with zero attached hydrogens (tertiary/aromatic N) is 3. The fourth-order valence-corrected chi connectivity index (χ4v) is 3.97. The molecule has 0 saturated carbocycles. The van der Waals surface area contributed by atoms with Gasteiger partial charge in [-0.1, -0.05) is 30.3 Å². The van der Waals surface area contributed by atoms with Crippen LogP contribution < -0.4 is 0 Å². The van der Waals surface area contributed by atoms with Crippen LogP contribution in [-0.2, 0) is 17.8 Å². The van der Waals surface area contributed by atoms with Crippen LogP contribution in [-0.4, -0.2) is 47.4 Å². The molecule has 1 aliphatic heterocycles. The summed E-state index contributed by atoms with van der Waals surface area (Å²) in [5.41, 5.74) is 3.96. The first-order valence-corrected chi connectivity index (χ1v) is 10.0. The second-order valence-corrected chi connectivity index (χ2v) is 7.85. The molecule has 27 heavy (non-hydrogen) atoms. The van der Waals surface area contributed by atoms with Crippen LogP contribution in [0.4, 0.5) is 0 Å². The zero-order chi connectivity index (χ0) is 19.1. The van der Waals surface area contributed by atoms with Crippen LogP contribution in [0, 0.1) is 12.8 Å². The van der Waals surface area contributed by atoms with E-state index in [1.54, 1.807) is 6.20 Å². The molecule has 1 aliphatic rings. The Morgan fingerprint density at radius 1 is 1.26 bits per heavy atom. The lowest BCUT2D eigenvalue weighted by atomic mass is 9.90. The predicted octanol–water partition coefficient (Wildman–Crippen LogP) is 3.69. The average molecular weight is 366 g/mol. The van der Waals surface area contributed by atoms with Gasteiger partial charge < -0.3 is 4.90 Å². The molecule has 1 fully saturated rings. The first-order chi connectivity index (χ1) is 13.1. The highest BCUT2D eigenvalue weighted by Crippen LogP contribution is 2.22. The van der Waals surface area contributed by atoms with Gasteiger partial charge in [-0.2, -0.15) is 0 Å². The van der Waals surface area contributed by atoms with Gasteiger partial charge in [-0.25, -0.2) is 0 Å². The van der Waals surface area contributed by atoms with E-state index in [1.165, 1.54) is 24.0 Å². The Bertz CT molecular complexity index is 731. The van der Waals surface area contributed by atoms with Crippen LogP contribution in [0.5, 0.6) is 0 Å². The molecular weight excluding hydrogens is 334 g/mol. The highest BCUT2D eigenvalue weighted by atomic mass is 16.2. The molecule has 0 radical (unpaired) electrons. The molecule has 3 rings (SSSR count). The number of carbonyl (C=O) groups excluding carboxylic acids is 1. The number of amides is 1. The van der Waals surface area contributed by atoms with Crippen molar-refractivity contribution >= 4 is 5.91 Å². The van der Waals surface area contributed by atoms with Crippen molar-refractivity contribution in [2.75, 3.05) is 26.7 Å². The van der Waals surface area contributed by atoms with E-state index in [9.17, 15) is 4.79 Å². The van der Waals surface area contributed by atoms with Gasteiger partial charge in [0.1, 0.15) is 0 Å². The van der Waals surface area contributed by atoms with Crippen molar-refractivity contribution in [3.63, 3.8) is 0 Å². The first-order valence-electron chi connectivity index (χ1n) is 10.0. The Balaban J connectivity index is 1.47. The summed E-state index contributed by atoms with van der Waals surface area (Å²) < 4.78 is 0. The van der Waals surface area contributed by atoms with Crippen LogP contribution >= 0.6 is 0 Å². The molecule has 1 amide bonds. The van der Waals surface area contributed by atoms with E-state index in [4.69, 9.17) is 0 Å². The van der Waals surface area contributed by atoms with Crippen LogP contribution in [0.25, 0.3) is 0 Å². The number of likely N-dealkylation sites (tertiary alicyclic amines) is 1. The van der Waals surface area contributed by atoms with Gasteiger partial charge in [-0.3, -0.25) is 14.7 Å². The monoisotopic (exact) mass is 365 g/mol. The Morgan fingerprint density at radius 3 is 2.89 bits per heavy atom. The van der Waals surface area contributed by atoms with Gasteiger partial charge in [0.25, 0.3) is 0 Å². The minimum atomic E-state index is 0.252. The highest BCUT2D eigenvalue weighted by molar-refractivity contribution is 5.78. The number of benzene rings is 1. The molecule has 1 atom stereocenters. The predicted molar refractivity (Wildman–Crippen MR) is 109 cm³/mol. The van der Waals surface area contributed by atoms with Gasteiger partial charge in [0.2, 0.25) is 5.91 Å². The number of pyridine rings is 1. The summed E-state index contributed by atoms with van der Waals surface area (Å²) >= 11 is 0. The topological polar surface area (TPSA) is 36.4 Å². The van der Waals surface area contributed by atoms with Crippen LogP contribution in [0.15, 0.2) is 48.8 Å². The van der Waals surface area contributed by atoms with E-state index in [2.05, 4.69) is 52.0 Å². The van der Waals surface area contributed by atoms with E-state index in [0.29, 0.717) is 12.5 Å². The maximum absolute atomic E-state index is 12.7. The molecule has 0 aliphatic carbocycles. The number of aromatic nitrogens is 1. The molecule has 1 unspecified atom stereocenters. The summed E-state index contributed by atoms with van der Waals surface area (Å²) in [5.74, 6) is 0.868. The van der Waals surface area contributed by atoms with Crippen molar-refractivity contribution < 1.29 is 4.79 Å². The molecule has 1 saturated heterocycles. The summed E-state index contributed by atoms with van der Waals surface area (Å²) in [6.45, 7) is 5.22. The number of likely N-dealkylation sites (N-methyl/N-ethyl adjacent to an activating group) is 1. The Morgan fingerprint density at radius 2 is 2.11 bits per heavy atom. The molecule has 2 heterocycles. The van der Waals surface area contributed by atoms with Gasteiger partial charge in [-0.15, -0.1) is 0 Å². The number of hydrogen-bond donors (Lipinski definition) is 0. The third kappa shape index (κ3) is 5.90. The number of rotatable bonds is 7. The summed E-state index contributed by atoms with van der Waals surface area (Å²) in [4.78, 5) is 21.0. The normalized spacial score (nSPS) is 17.3. The Hall–Kier alpha value is -2.20. The van der Waals surface area contributed by atoms with Crippen molar-refractivity contribution in [1.82, 2.24) is 14.8 Å². The molecule has 0 N–H and O–H groups in total. The average Bonchev–Trinajstić information content (AvgIpc) is 2.68. The van der Waals surface area contributed by atoms with Gasteiger partial charge in [0, 0.05) is 32.0 Å². The smallest absolute Gasteiger partial charge is 0.236 e. The fourth-order valence-electron chi connectivity index (χ4n) is 3.97. The molecule has 1 aromatic heterocycles. The Kier molecular flexibility index (Phi) is 6.99. The van der Waals surface area contributed by atoms with Crippen molar-refractivity contribution in [2.24, 2.45) is 5.92 Å². The van der Waals surface area contributed by atoms with Gasteiger partial charge in [-0.05, 0) is 68.3 Å². The van der Waals surface area contributed by atoms with Gasteiger partial charge in [0.05, 0.1) is 6.54 Å². The van der Waals surface area contributed by atoms with E-state index >= 15 is 0 Å². The zero-order valence-electron chi connectivity index (χ0n) is 16.6. The first kappa shape index (κ1) is 19.6. The molecule has 144 valence electrons. The largest absolute Gasteiger partial charge is 0.341 e. The molecule has 0 bridgehead atoms. The minimum Gasteiger partial charge on any atom is -0.341 e. The van der Waals surface area contributed by atoms with Crippen molar-refractivity contribution in [1.29, 1.82) is 0 Å². The summed E-state index contributed by atoms with van der Waals surface area (Å²) in [7, 11) is 2.00. The Labute approximate surface area is 163 Å². The number of aryl methyl sites for hydroxylation is 2. The molecular formula is C23H31N3O. The zero-order valence-corrected chi connectivity index (χ0v) is 16.6. The lowest BCUT2D eigenvalue weighted by Gasteiger charge is -2.34. The second kappa shape index (κ2) is 9.65. The van der Waals surface area contributed by atoms with Crippen molar-refractivity contribution in [3.8, 4) is 0 Å².